The maximum atomic E-state index is 12.8. The van der Waals surface area contributed by atoms with Crippen LogP contribution in [0.4, 0.5) is 11.4 Å². The van der Waals surface area contributed by atoms with Crippen LogP contribution in [0.2, 0.25) is 0 Å². The first-order chi connectivity index (χ1) is 17.5. The van der Waals surface area contributed by atoms with E-state index in [1.165, 1.54) is 18.9 Å². The average Bonchev–Trinajstić information content (AvgIpc) is 2.92. The lowest BCUT2D eigenvalue weighted by molar-refractivity contribution is -0.385. The van der Waals surface area contributed by atoms with Crippen molar-refractivity contribution >= 4 is 17.3 Å². The Morgan fingerprint density at radius 2 is 1.61 bits per heavy atom. The topological polar surface area (TPSA) is 97.6 Å². The van der Waals surface area contributed by atoms with Crippen LogP contribution in [0.5, 0.6) is 17.2 Å². The van der Waals surface area contributed by atoms with Gasteiger partial charge in [0, 0.05) is 82.9 Å². The molecule has 2 heterocycles. The van der Waals surface area contributed by atoms with E-state index in [4.69, 9.17) is 14.2 Å². The summed E-state index contributed by atoms with van der Waals surface area (Å²) >= 11 is 0. The number of nitro groups is 1. The number of ether oxygens (including phenoxy) is 3. The molecule has 1 amide bonds. The van der Waals surface area contributed by atoms with Gasteiger partial charge in [0.1, 0.15) is 17.6 Å². The summed E-state index contributed by atoms with van der Waals surface area (Å²) in [5.41, 5.74) is 1.11. The molecule has 10 heteroatoms. The van der Waals surface area contributed by atoms with E-state index in [0.717, 1.165) is 51.3 Å². The van der Waals surface area contributed by atoms with Gasteiger partial charge in [0.2, 0.25) is 11.7 Å². The fourth-order valence-electron chi connectivity index (χ4n) is 4.73. The smallest absolute Gasteiger partial charge is 0.311 e. The molecule has 0 N–H and O–H groups in total. The van der Waals surface area contributed by atoms with Crippen LogP contribution >= 0.6 is 0 Å². The number of rotatable bonds is 9. The van der Waals surface area contributed by atoms with Crippen LogP contribution in [0.3, 0.4) is 0 Å². The van der Waals surface area contributed by atoms with Crippen molar-refractivity contribution in [1.29, 1.82) is 0 Å². The second-order valence-corrected chi connectivity index (χ2v) is 9.07. The summed E-state index contributed by atoms with van der Waals surface area (Å²) < 4.78 is 16.4. The first-order valence-electron chi connectivity index (χ1n) is 12.3. The Labute approximate surface area is 211 Å². The molecule has 2 aromatic rings. The number of likely N-dealkylation sites (tertiary alicyclic amines) is 1. The molecule has 2 aliphatic heterocycles. The third-order valence-electron chi connectivity index (χ3n) is 6.90. The van der Waals surface area contributed by atoms with E-state index < -0.39 is 4.92 Å². The fraction of sp³-hybridized carbons (Fsp3) is 0.500. The molecular weight excluding hydrogens is 464 g/mol. The Bertz CT molecular complexity index is 1030. The standard InChI is InChI=1S/C26H34N4O6/c1-34-21-5-3-20(4-6-21)28-17-15-27(16-18-28)12-11-26(31)29-13-9-22(10-14-29)36-23-7-8-24(30(32)33)25(19-23)35-2/h3-8,19,22H,9-18H2,1-2H3. The maximum absolute atomic E-state index is 12.8. The van der Waals surface area contributed by atoms with Gasteiger partial charge in [-0.25, -0.2) is 0 Å². The SMILES string of the molecule is COc1ccc(N2CCN(CCC(=O)N3CCC(Oc4ccc([N+](=O)[O-])c(OC)c4)CC3)CC2)cc1. The number of hydrogen-bond acceptors (Lipinski definition) is 8. The molecule has 0 atom stereocenters. The van der Waals surface area contributed by atoms with Gasteiger partial charge in [-0.15, -0.1) is 0 Å². The Hall–Kier alpha value is -3.53. The van der Waals surface area contributed by atoms with Gasteiger partial charge in [0.05, 0.1) is 19.1 Å². The minimum Gasteiger partial charge on any atom is -0.497 e. The quantitative estimate of drug-likeness (QED) is 0.384. The molecule has 2 aliphatic rings. The number of piperidine rings is 1. The number of amides is 1. The first-order valence-corrected chi connectivity index (χ1v) is 12.3. The second kappa shape index (κ2) is 11.9. The van der Waals surface area contributed by atoms with E-state index in [-0.39, 0.29) is 23.4 Å². The number of nitrogens with zero attached hydrogens (tertiary/aromatic N) is 4. The van der Waals surface area contributed by atoms with E-state index in [0.29, 0.717) is 25.3 Å². The molecule has 2 saturated heterocycles. The van der Waals surface area contributed by atoms with Gasteiger partial charge in [-0.3, -0.25) is 19.8 Å². The minimum atomic E-state index is -0.479. The summed E-state index contributed by atoms with van der Waals surface area (Å²) in [6.45, 7) is 5.83. The monoisotopic (exact) mass is 498 g/mol. The number of piperazine rings is 1. The largest absolute Gasteiger partial charge is 0.497 e. The highest BCUT2D eigenvalue weighted by Gasteiger charge is 2.26. The maximum Gasteiger partial charge on any atom is 0.311 e. The highest BCUT2D eigenvalue weighted by atomic mass is 16.6. The lowest BCUT2D eigenvalue weighted by Crippen LogP contribution is -2.48. The van der Waals surface area contributed by atoms with Crippen molar-refractivity contribution in [3.05, 3.63) is 52.6 Å². The van der Waals surface area contributed by atoms with E-state index in [9.17, 15) is 14.9 Å². The van der Waals surface area contributed by atoms with Crippen LogP contribution in [0.1, 0.15) is 19.3 Å². The van der Waals surface area contributed by atoms with Crippen molar-refractivity contribution in [1.82, 2.24) is 9.80 Å². The zero-order valence-corrected chi connectivity index (χ0v) is 20.9. The van der Waals surface area contributed by atoms with Gasteiger partial charge in [-0.1, -0.05) is 0 Å². The molecule has 0 bridgehead atoms. The number of nitro benzene ring substituents is 1. The molecule has 10 nitrogen and oxygen atoms in total. The molecule has 0 unspecified atom stereocenters. The third-order valence-corrected chi connectivity index (χ3v) is 6.90. The minimum absolute atomic E-state index is 0.0359. The number of benzene rings is 2. The summed E-state index contributed by atoms with van der Waals surface area (Å²) in [7, 11) is 3.07. The number of carbonyl (C=O) groups is 1. The van der Waals surface area contributed by atoms with E-state index in [1.54, 1.807) is 19.2 Å². The van der Waals surface area contributed by atoms with Crippen LogP contribution in [0.25, 0.3) is 0 Å². The summed E-state index contributed by atoms with van der Waals surface area (Å²) in [6, 6.07) is 12.7. The lowest BCUT2D eigenvalue weighted by atomic mass is 10.1. The van der Waals surface area contributed by atoms with Gasteiger partial charge in [-0.05, 0) is 30.3 Å². The highest BCUT2D eigenvalue weighted by molar-refractivity contribution is 5.76. The van der Waals surface area contributed by atoms with E-state index in [1.807, 2.05) is 17.0 Å². The van der Waals surface area contributed by atoms with Crippen molar-refractivity contribution in [3.63, 3.8) is 0 Å². The molecule has 0 radical (unpaired) electrons. The Balaban J connectivity index is 1.17. The Morgan fingerprint density at radius 1 is 0.944 bits per heavy atom. The van der Waals surface area contributed by atoms with Crippen molar-refractivity contribution in [3.8, 4) is 17.2 Å². The molecule has 2 fully saturated rings. The molecule has 36 heavy (non-hydrogen) atoms. The predicted octanol–water partition coefficient (Wildman–Crippen LogP) is 3.19. The molecule has 194 valence electrons. The molecule has 4 rings (SSSR count). The first kappa shape index (κ1) is 25.6. The fourth-order valence-corrected chi connectivity index (χ4v) is 4.73. The molecule has 0 saturated carbocycles. The second-order valence-electron chi connectivity index (χ2n) is 9.07. The van der Waals surface area contributed by atoms with Crippen LogP contribution in [-0.2, 0) is 4.79 Å². The summed E-state index contributed by atoms with van der Waals surface area (Å²) in [6.07, 6.45) is 1.94. The van der Waals surface area contributed by atoms with Gasteiger partial charge >= 0.3 is 5.69 Å². The number of carbonyl (C=O) groups excluding carboxylic acids is 1. The summed E-state index contributed by atoms with van der Waals surface area (Å²) in [5, 5.41) is 11.1. The molecule has 0 aromatic heterocycles. The lowest BCUT2D eigenvalue weighted by Gasteiger charge is -2.37. The molecular formula is C26H34N4O6. The van der Waals surface area contributed by atoms with Crippen LogP contribution < -0.4 is 19.1 Å². The molecule has 0 aliphatic carbocycles. The number of methoxy groups -OCH3 is 2. The number of hydrogen-bond donors (Lipinski definition) is 0. The third kappa shape index (κ3) is 6.37. The van der Waals surface area contributed by atoms with Crippen LogP contribution in [0, 0.1) is 10.1 Å². The highest BCUT2D eigenvalue weighted by Crippen LogP contribution is 2.32. The summed E-state index contributed by atoms with van der Waals surface area (Å²) in [5.74, 6) is 1.76. The van der Waals surface area contributed by atoms with E-state index >= 15 is 0 Å². The van der Waals surface area contributed by atoms with Gasteiger partial charge < -0.3 is 24.0 Å². The van der Waals surface area contributed by atoms with Gasteiger partial charge in [-0.2, -0.15) is 0 Å². The van der Waals surface area contributed by atoms with Crippen LogP contribution in [-0.4, -0.2) is 86.8 Å². The zero-order chi connectivity index (χ0) is 25.5. The van der Waals surface area contributed by atoms with Gasteiger partial charge in [0.25, 0.3) is 0 Å². The normalized spacial score (nSPS) is 17.1. The van der Waals surface area contributed by atoms with Gasteiger partial charge in [0.15, 0.2) is 0 Å². The Morgan fingerprint density at radius 3 is 2.22 bits per heavy atom. The molecule has 0 spiro atoms. The van der Waals surface area contributed by atoms with Crippen molar-refractivity contribution in [2.24, 2.45) is 0 Å². The zero-order valence-electron chi connectivity index (χ0n) is 20.9. The predicted molar refractivity (Wildman–Crippen MR) is 136 cm³/mol. The number of anilines is 1. The Kier molecular flexibility index (Phi) is 8.48. The van der Waals surface area contributed by atoms with Crippen LogP contribution in [0.15, 0.2) is 42.5 Å². The average molecular weight is 499 g/mol. The van der Waals surface area contributed by atoms with Crippen molar-refractivity contribution < 1.29 is 23.9 Å². The molecule has 2 aromatic carbocycles. The van der Waals surface area contributed by atoms with Crippen molar-refractivity contribution in [2.75, 3.05) is 64.9 Å². The van der Waals surface area contributed by atoms with E-state index in [2.05, 4.69) is 21.9 Å². The van der Waals surface area contributed by atoms with Crippen molar-refractivity contribution in [2.45, 2.75) is 25.4 Å². The summed E-state index contributed by atoms with van der Waals surface area (Å²) in [4.78, 5) is 30.0.